The van der Waals surface area contributed by atoms with Gasteiger partial charge in [-0.25, -0.2) is 12.7 Å². The zero-order chi connectivity index (χ0) is 30.8. The van der Waals surface area contributed by atoms with Crippen LogP contribution < -0.4 is 20.3 Å². The fourth-order valence-corrected chi connectivity index (χ4v) is 6.38. The molecule has 1 aliphatic carbocycles. The summed E-state index contributed by atoms with van der Waals surface area (Å²) in [6.07, 6.45) is 5.88. The molecular formula is C33H42N4O5S. The van der Waals surface area contributed by atoms with Crippen molar-refractivity contribution in [2.45, 2.75) is 69.7 Å². The lowest BCUT2D eigenvalue weighted by Gasteiger charge is -2.28. The summed E-state index contributed by atoms with van der Waals surface area (Å²) >= 11 is 0. The minimum Gasteiger partial charge on any atom is -0.390 e. The Morgan fingerprint density at radius 2 is 1.53 bits per heavy atom. The van der Waals surface area contributed by atoms with Crippen LogP contribution in [0.2, 0.25) is 0 Å². The molecule has 3 aromatic carbocycles. The normalized spacial score (nSPS) is 16.1. The first-order valence-electron chi connectivity index (χ1n) is 14.8. The van der Waals surface area contributed by atoms with E-state index in [1.807, 2.05) is 30.3 Å². The molecule has 4 rings (SSSR count). The monoisotopic (exact) mass is 606 g/mol. The number of hydrogen-bond donors (Lipinski definition) is 4. The van der Waals surface area contributed by atoms with Gasteiger partial charge in [0.05, 0.1) is 35.8 Å². The fraction of sp³-hybridized carbons (Fsp3) is 0.394. The van der Waals surface area contributed by atoms with Crippen LogP contribution in [0.3, 0.4) is 0 Å². The summed E-state index contributed by atoms with van der Waals surface area (Å²) in [6, 6.07) is 23.6. The van der Waals surface area contributed by atoms with E-state index in [0.717, 1.165) is 37.5 Å². The van der Waals surface area contributed by atoms with Gasteiger partial charge in [-0.3, -0.25) is 9.59 Å². The summed E-state index contributed by atoms with van der Waals surface area (Å²) in [5.41, 5.74) is 1.95. The second kappa shape index (κ2) is 15.1. The molecule has 0 spiro atoms. The van der Waals surface area contributed by atoms with Crippen molar-refractivity contribution in [3.63, 3.8) is 0 Å². The van der Waals surface area contributed by atoms with Crippen molar-refractivity contribution in [3.05, 3.63) is 96.1 Å². The first kappa shape index (κ1) is 32.2. The highest BCUT2D eigenvalue weighted by Crippen LogP contribution is 2.29. The van der Waals surface area contributed by atoms with Crippen molar-refractivity contribution in [1.29, 1.82) is 0 Å². The van der Waals surface area contributed by atoms with Crippen molar-refractivity contribution in [2.75, 3.05) is 17.1 Å². The number of benzene rings is 3. The molecule has 230 valence electrons. The lowest BCUT2D eigenvalue weighted by atomic mass is 9.95. The third-order valence-corrected chi connectivity index (χ3v) is 8.81. The van der Waals surface area contributed by atoms with Gasteiger partial charge in [0, 0.05) is 18.2 Å². The molecule has 43 heavy (non-hydrogen) atoms. The Morgan fingerprint density at radius 3 is 2.19 bits per heavy atom. The van der Waals surface area contributed by atoms with Crippen LogP contribution in [0, 0.1) is 0 Å². The Labute approximate surface area is 254 Å². The molecule has 2 amide bonds. The van der Waals surface area contributed by atoms with Gasteiger partial charge in [-0.05, 0) is 62.1 Å². The number of nitrogens with zero attached hydrogens (tertiary/aromatic N) is 1. The highest BCUT2D eigenvalue weighted by atomic mass is 32.2. The average Bonchev–Trinajstić information content (AvgIpc) is 3.00. The van der Waals surface area contributed by atoms with Crippen molar-refractivity contribution >= 4 is 33.2 Å². The number of anilines is 2. The van der Waals surface area contributed by atoms with Crippen LogP contribution in [0.5, 0.6) is 0 Å². The molecule has 0 aromatic heterocycles. The summed E-state index contributed by atoms with van der Waals surface area (Å²) in [5.74, 6) is -0.556. The number of carbonyl (C=O) groups is 2. The van der Waals surface area contributed by atoms with E-state index in [1.54, 1.807) is 55.5 Å². The summed E-state index contributed by atoms with van der Waals surface area (Å²) in [6.45, 7) is 1.86. The molecule has 1 fully saturated rings. The number of sulfonamides is 1. The maximum absolute atomic E-state index is 13.5. The number of rotatable bonds is 13. The fourth-order valence-electron chi connectivity index (χ4n) is 5.38. The number of hydrogen-bond acceptors (Lipinski definition) is 6. The second-order valence-electron chi connectivity index (χ2n) is 11.2. The van der Waals surface area contributed by atoms with Gasteiger partial charge in [-0.1, -0.05) is 73.9 Å². The first-order valence-corrected chi connectivity index (χ1v) is 16.7. The van der Waals surface area contributed by atoms with E-state index < -0.39 is 34.1 Å². The Kier molecular flexibility index (Phi) is 11.3. The van der Waals surface area contributed by atoms with Gasteiger partial charge in [0.1, 0.15) is 0 Å². The molecule has 0 radical (unpaired) electrons. The van der Waals surface area contributed by atoms with E-state index in [1.165, 1.54) is 16.8 Å². The highest BCUT2D eigenvalue weighted by Gasteiger charge is 2.26. The van der Waals surface area contributed by atoms with Crippen LogP contribution >= 0.6 is 0 Å². The second-order valence-corrected chi connectivity index (χ2v) is 13.1. The van der Waals surface area contributed by atoms with Crippen molar-refractivity contribution < 1.29 is 23.1 Å². The Morgan fingerprint density at radius 1 is 0.907 bits per heavy atom. The SMILES string of the molecule is CC(NC[C@@H](O)[C@H](Cc1ccccc1)NC(=O)c1cccc(N(c2ccccc2)S(C)(=O)=O)c1)C(=O)NC1CCCCC1. The van der Waals surface area contributed by atoms with E-state index in [-0.39, 0.29) is 24.1 Å². The van der Waals surface area contributed by atoms with Crippen LogP contribution in [0.15, 0.2) is 84.9 Å². The lowest BCUT2D eigenvalue weighted by molar-refractivity contribution is -0.123. The average molecular weight is 607 g/mol. The zero-order valence-corrected chi connectivity index (χ0v) is 25.6. The van der Waals surface area contributed by atoms with Gasteiger partial charge >= 0.3 is 0 Å². The van der Waals surface area contributed by atoms with Crippen LogP contribution in [0.25, 0.3) is 0 Å². The number of aliphatic hydroxyl groups is 1. The van der Waals surface area contributed by atoms with E-state index in [0.29, 0.717) is 17.8 Å². The highest BCUT2D eigenvalue weighted by molar-refractivity contribution is 7.92. The molecule has 1 unspecified atom stereocenters. The van der Waals surface area contributed by atoms with Gasteiger partial charge in [0.15, 0.2) is 0 Å². The Bertz CT molecular complexity index is 1450. The number of carbonyl (C=O) groups excluding carboxylic acids is 2. The van der Waals surface area contributed by atoms with Crippen LogP contribution in [0.1, 0.15) is 54.9 Å². The minimum absolute atomic E-state index is 0.0902. The van der Waals surface area contributed by atoms with Crippen LogP contribution in [-0.2, 0) is 21.2 Å². The molecule has 0 bridgehead atoms. The van der Waals surface area contributed by atoms with E-state index >= 15 is 0 Å². The first-order chi connectivity index (χ1) is 20.6. The zero-order valence-electron chi connectivity index (χ0n) is 24.8. The number of nitrogens with one attached hydrogen (secondary N) is 3. The molecular weight excluding hydrogens is 564 g/mol. The standard InChI is InChI=1S/C33H42N4O5S/c1-24(32(39)35-27-16-8-4-9-17-27)34-23-31(38)30(21-25-13-6-3-7-14-25)36-33(40)26-15-12-20-29(22-26)37(43(2,41)42)28-18-10-5-11-19-28/h3,5-7,10-15,18-20,22,24,27,30-31,34,38H,4,8-9,16-17,21,23H2,1-2H3,(H,35,39)(H,36,40)/t24?,30-,31+/m0/s1. The molecule has 3 atom stereocenters. The molecule has 0 saturated heterocycles. The number of amides is 2. The smallest absolute Gasteiger partial charge is 0.251 e. The van der Waals surface area contributed by atoms with Gasteiger partial charge < -0.3 is 21.1 Å². The summed E-state index contributed by atoms with van der Waals surface area (Å²) in [7, 11) is -3.70. The van der Waals surface area contributed by atoms with Crippen LogP contribution in [-0.4, -0.2) is 62.4 Å². The maximum atomic E-state index is 13.5. The quantitative estimate of drug-likeness (QED) is 0.234. The summed E-state index contributed by atoms with van der Waals surface area (Å²) in [4.78, 5) is 26.2. The largest absolute Gasteiger partial charge is 0.390 e. The summed E-state index contributed by atoms with van der Waals surface area (Å²) in [5, 5.41) is 20.4. The number of para-hydroxylation sites is 1. The molecule has 0 aliphatic heterocycles. The minimum atomic E-state index is -3.70. The molecule has 3 aromatic rings. The number of aliphatic hydroxyl groups excluding tert-OH is 1. The van der Waals surface area contributed by atoms with Gasteiger partial charge in [-0.15, -0.1) is 0 Å². The van der Waals surface area contributed by atoms with Crippen LogP contribution in [0.4, 0.5) is 11.4 Å². The molecule has 0 heterocycles. The molecule has 1 saturated carbocycles. The van der Waals surface area contributed by atoms with Crippen molar-refractivity contribution in [2.24, 2.45) is 0 Å². The Hall–Kier alpha value is -3.73. The third kappa shape index (κ3) is 9.38. The van der Waals surface area contributed by atoms with Crippen molar-refractivity contribution in [3.8, 4) is 0 Å². The van der Waals surface area contributed by atoms with Gasteiger partial charge in [0.2, 0.25) is 15.9 Å². The Balaban J connectivity index is 1.47. The van der Waals surface area contributed by atoms with E-state index in [2.05, 4.69) is 16.0 Å². The maximum Gasteiger partial charge on any atom is 0.251 e. The molecule has 4 N–H and O–H groups in total. The van der Waals surface area contributed by atoms with Crippen molar-refractivity contribution in [1.82, 2.24) is 16.0 Å². The predicted octanol–water partition coefficient (Wildman–Crippen LogP) is 3.91. The topological polar surface area (TPSA) is 128 Å². The molecule has 9 nitrogen and oxygen atoms in total. The third-order valence-electron chi connectivity index (χ3n) is 7.72. The van der Waals surface area contributed by atoms with E-state index in [4.69, 9.17) is 0 Å². The van der Waals surface area contributed by atoms with Gasteiger partial charge in [0.25, 0.3) is 5.91 Å². The molecule has 1 aliphatic rings. The molecule has 10 heteroatoms. The summed E-state index contributed by atoms with van der Waals surface area (Å²) < 4.78 is 26.6. The lowest BCUT2D eigenvalue weighted by Crippen LogP contribution is -2.53. The van der Waals surface area contributed by atoms with E-state index in [9.17, 15) is 23.1 Å². The predicted molar refractivity (Wildman–Crippen MR) is 170 cm³/mol. The van der Waals surface area contributed by atoms with Gasteiger partial charge in [-0.2, -0.15) is 0 Å².